The number of benzene rings is 1. The molecule has 0 aromatic heterocycles. The van der Waals surface area contributed by atoms with E-state index in [2.05, 4.69) is 39.8 Å². The summed E-state index contributed by atoms with van der Waals surface area (Å²) in [5.41, 5.74) is 3.26. The molecule has 19 heavy (non-hydrogen) atoms. The van der Waals surface area contributed by atoms with Crippen LogP contribution in [-0.2, 0) is 6.42 Å². The third kappa shape index (κ3) is 4.30. The van der Waals surface area contributed by atoms with Crippen LogP contribution in [0.5, 0.6) is 11.5 Å². The number of allylic oxidation sites excluding steroid dienone is 2. The number of hydrogen-bond donors (Lipinski definition) is 1. The highest BCUT2D eigenvalue weighted by molar-refractivity contribution is 5.49. The summed E-state index contributed by atoms with van der Waals surface area (Å²) in [5.74, 6) is 1.58. The number of ether oxygens (including phenoxy) is 1. The summed E-state index contributed by atoms with van der Waals surface area (Å²) in [4.78, 5) is 0. The van der Waals surface area contributed by atoms with Gasteiger partial charge >= 0.3 is 0 Å². The molecule has 0 aliphatic heterocycles. The minimum Gasteiger partial charge on any atom is -0.508 e. The maximum absolute atomic E-state index is 10.2. The lowest BCUT2D eigenvalue weighted by Crippen LogP contribution is -1.98. The van der Waals surface area contributed by atoms with E-state index in [0.29, 0.717) is 18.1 Å². The van der Waals surface area contributed by atoms with E-state index in [1.54, 1.807) is 7.11 Å². The molecule has 0 bridgehead atoms. The Morgan fingerprint density at radius 3 is 2.58 bits per heavy atom. The molecular formula is C17H26O2. The van der Waals surface area contributed by atoms with Crippen molar-refractivity contribution in [2.45, 2.75) is 52.9 Å². The van der Waals surface area contributed by atoms with Crippen LogP contribution in [0.1, 0.15) is 57.6 Å². The molecule has 0 saturated heterocycles. The SMILES string of the molecule is CCCC(C)c1cc(O)c(CC=C(C)C)c(OC)c1. The zero-order chi connectivity index (χ0) is 14.4. The average Bonchev–Trinajstić information content (AvgIpc) is 2.36. The minimum absolute atomic E-state index is 0.342. The molecule has 1 aromatic carbocycles. The molecule has 106 valence electrons. The summed E-state index contributed by atoms with van der Waals surface area (Å²) in [5, 5.41) is 10.2. The van der Waals surface area contributed by atoms with Gasteiger partial charge in [-0.1, -0.05) is 31.9 Å². The van der Waals surface area contributed by atoms with Gasteiger partial charge in [-0.2, -0.15) is 0 Å². The Bertz CT molecular complexity index is 443. The second kappa shape index (κ2) is 7.22. The fourth-order valence-electron chi connectivity index (χ4n) is 2.23. The van der Waals surface area contributed by atoms with Crippen LogP contribution in [0.15, 0.2) is 23.8 Å². The van der Waals surface area contributed by atoms with Crippen molar-refractivity contribution in [2.24, 2.45) is 0 Å². The van der Waals surface area contributed by atoms with Gasteiger partial charge in [-0.25, -0.2) is 0 Å². The smallest absolute Gasteiger partial charge is 0.126 e. The molecular weight excluding hydrogens is 236 g/mol. The molecule has 0 spiro atoms. The first-order valence-electron chi connectivity index (χ1n) is 7.02. The van der Waals surface area contributed by atoms with Crippen molar-refractivity contribution in [3.05, 3.63) is 34.9 Å². The Hall–Kier alpha value is -1.44. The second-order valence-electron chi connectivity index (χ2n) is 5.40. The Labute approximate surface area is 117 Å². The van der Waals surface area contributed by atoms with E-state index in [1.165, 1.54) is 5.57 Å². The first-order chi connectivity index (χ1) is 8.99. The lowest BCUT2D eigenvalue weighted by Gasteiger charge is -2.16. The highest BCUT2D eigenvalue weighted by atomic mass is 16.5. The normalized spacial score (nSPS) is 12.1. The van der Waals surface area contributed by atoms with Crippen molar-refractivity contribution in [3.8, 4) is 11.5 Å². The molecule has 1 unspecified atom stereocenters. The Morgan fingerprint density at radius 2 is 2.05 bits per heavy atom. The van der Waals surface area contributed by atoms with Crippen LogP contribution in [-0.4, -0.2) is 12.2 Å². The van der Waals surface area contributed by atoms with E-state index in [4.69, 9.17) is 4.74 Å². The Balaban J connectivity index is 3.10. The van der Waals surface area contributed by atoms with Gasteiger partial charge in [0.2, 0.25) is 0 Å². The summed E-state index contributed by atoms with van der Waals surface area (Å²) < 4.78 is 5.44. The van der Waals surface area contributed by atoms with Gasteiger partial charge in [0.1, 0.15) is 11.5 Å². The highest BCUT2D eigenvalue weighted by Gasteiger charge is 2.13. The van der Waals surface area contributed by atoms with Crippen LogP contribution in [0.3, 0.4) is 0 Å². The number of methoxy groups -OCH3 is 1. The zero-order valence-corrected chi connectivity index (χ0v) is 12.8. The predicted octanol–water partition coefficient (Wildman–Crippen LogP) is 4.81. The third-order valence-electron chi connectivity index (χ3n) is 3.43. The lowest BCUT2D eigenvalue weighted by atomic mass is 9.94. The molecule has 2 nitrogen and oxygen atoms in total. The van der Waals surface area contributed by atoms with Gasteiger partial charge in [-0.05, 0) is 50.3 Å². The van der Waals surface area contributed by atoms with Crippen molar-refractivity contribution in [1.82, 2.24) is 0 Å². The molecule has 0 aliphatic carbocycles. The largest absolute Gasteiger partial charge is 0.508 e. The number of phenolic OH excluding ortho intramolecular Hbond substituents is 1. The van der Waals surface area contributed by atoms with Gasteiger partial charge in [-0.3, -0.25) is 0 Å². The van der Waals surface area contributed by atoms with Crippen LogP contribution in [0.4, 0.5) is 0 Å². The first-order valence-corrected chi connectivity index (χ1v) is 7.02. The van der Waals surface area contributed by atoms with Crippen LogP contribution < -0.4 is 4.74 Å². The van der Waals surface area contributed by atoms with Gasteiger partial charge < -0.3 is 9.84 Å². The summed E-state index contributed by atoms with van der Waals surface area (Å²) in [6, 6.07) is 3.95. The van der Waals surface area contributed by atoms with E-state index in [9.17, 15) is 5.11 Å². The van der Waals surface area contributed by atoms with Crippen LogP contribution in [0.25, 0.3) is 0 Å². The molecule has 2 heteroatoms. The topological polar surface area (TPSA) is 29.5 Å². The van der Waals surface area contributed by atoms with E-state index < -0.39 is 0 Å². The van der Waals surface area contributed by atoms with Gasteiger partial charge in [0.05, 0.1) is 7.11 Å². The van der Waals surface area contributed by atoms with Crippen molar-refractivity contribution >= 4 is 0 Å². The zero-order valence-electron chi connectivity index (χ0n) is 12.8. The Kier molecular flexibility index (Phi) is 5.94. The second-order valence-corrected chi connectivity index (χ2v) is 5.40. The summed E-state index contributed by atoms with van der Waals surface area (Å²) in [6.07, 6.45) is 5.08. The van der Waals surface area contributed by atoms with Crippen LogP contribution in [0.2, 0.25) is 0 Å². The monoisotopic (exact) mass is 262 g/mol. The fraction of sp³-hybridized carbons (Fsp3) is 0.529. The van der Waals surface area contributed by atoms with Gasteiger partial charge in [-0.15, -0.1) is 0 Å². The summed E-state index contributed by atoms with van der Waals surface area (Å²) in [7, 11) is 1.66. The average molecular weight is 262 g/mol. The summed E-state index contributed by atoms with van der Waals surface area (Å²) in [6.45, 7) is 8.48. The molecule has 0 fully saturated rings. The van der Waals surface area contributed by atoms with Gasteiger partial charge in [0.25, 0.3) is 0 Å². The third-order valence-corrected chi connectivity index (χ3v) is 3.43. The lowest BCUT2D eigenvalue weighted by molar-refractivity contribution is 0.399. The maximum atomic E-state index is 10.2. The van der Waals surface area contributed by atoms with Crippen LogP contribution >= 0.6 is 0 Å². The van der Waals surface area contributed by atoms with Crippen molar-refractivity contribution in [2.75, 3.05) is 7.11 Å². The molecule has 0 saturated carbocycles. The quantitative estimate of drug-likeness (QED) is 0.745. The first kappa shape index (κ1) is 15.6. The number of aromatic hydroxyl groups is 1. The standard InChI is InChI=1S/C17H26O2/c1-6-7-13(4)14-10-16(18)15(9-8-12(2)3)17(11-14)19-5/h8,10-11,13,18H,6-7,9H2,1-5H3. The van der Waals surface area contributed by atoms with Crippen molar-refractivity contribution in [3.63, 3.8) is 0 Å². The maximum Gasteiger partial charge on any atom is 0.126 e. The molecule has 1 N–H and O–H groups in total. The molecule has 0 heterocycles. The predicted molar refractivity (Wildman–Crippen MR) is 81.1 cm³/mol. The fourth-order valence-corrected chi connectivity index (χ4v) is 2.23. The molecule has 0 amide bonds. The molecule has 0 aliphatic rings. The van der Waals surface area contributed by atoms with E-state index in [0.717, 1.165) is 29.7 Å². The molecule has 0 radical (unpaired) electrons. The number of rotatable bonds is 6. The Morgan fingerprint density at radius 1 is 1.37 bits per heavy atom. The van der Waals surface area contributed by atoms with Crippen molar-refractivity contribution < 1.29 is 9.84 Å². The molecule has 1 atom stereocenters. The minimum atomic E-state index is 0.342. The van der Waals surface area contributed by atoms with E-state index in [-0.39, 0.29) is 0 Å². The number of phenols is 1. The molecule has 1 rings (SSSR count). The van der Waals surface area contributed by atoms with E-state index >= 15 is 0 Å². The summed E-state index contributed by atoms with van der Waals surface area (Å²) >= 11 is 0. The van der Waals surface area contributed by atoms with Crippen LogP contribution in [0, 0.1) is 0 Å². The molecule has 1 aromatic rings. The highest BCUT2D eigenvalue weighted by Crippen LogP contribution is 2.34. The number of hydrogen-bond acceptors (Lipinski definition) is 2. The van der Waals surface area contributed by atoms with Gasteiger partial charge in [0.15, 0.2) is 0 Å². The van der Waals surface area contributed by atoms with E-state index in [1.807, 2.05) is 6.07 Å². The van der Waals surface area contributed by atoms with Crippen molar-refractivity contribution in [1.29, 1.82) is 0 Å². The van der Waals surface area contributed by atoms with Gasteiger partial charge in [0, 0.05) is 5.56 Å².